The van der Waals surface area contributed by atoms with Crippen LogP contribution in [0.3, 0.4) is 0 Å². The molecule has 4 rings (SSSR count). The molecule has 6 nitrogen and oxygen atoms in total. The summed E-state index contributed by atoms with van der Waals surface area (Å²) in [5.41, 5.74) is 8.58. The third-order valence-corrected chi connectivity index (χ3v) is 4.86. The zero-order valence-electron chi connectivity index (χ0n) is 13.3. The second-order valence-corrected chi connectivity index (χ2v) is 6.48. The fourth-order valence-electron chi connectivity index (χ4n) is 3.34. The number of nitrogens with two attached hydrogens (primary N) is 1. The smallest absolute Gasteiger partial charge is 0.226 e. The molecule has 0 bridgehead atoms. The number of anilines is 2. The van der Waals surface area contributed by atoms with E-state index in [1.807, 2.05) is 0 Å². The van der Waals surface area contributed by atoms with Crippen molar-refractivity contribution in [2.45, 2.75) is 44.4 Å². The van der Waals surface area contributed by atoms with Gasteiger partial charge < -0.3 is 10.6 Å². The van der Waals surface area contributed by atoms with Crippen LogP contribution < -0.4 is 10.6 Å². The van der Waals surface area contributed by atoms with Gasteiger partial charge >= 0.3 is 0 Å². The summed E-state index contributed by atoms with van der Waals surface area (Å²) >= 11 is 0. The summed E-state index contributed by atoms with van der Waals surface area (Å²) in [6, 6.07) is 2.12. The lowest BCUT2D eigenvalue weighted by Gasteiger charge is -2.32. The number of aromatic nitrogens is 4. The lowest BCUT2D eigenvalue weighted by molar-refractivity contribution is 0.435. The first kappa shape index (κ1) is 14.4. The standard InChI is InChI=1S/C17H22N6/c18-16-19-10-13(11-20-16)15-9-14(12-5-2-1-3-6-12)21-17(22-15)23-7-4-8-23/h9-12H,1-8H2,(H2,18,19,20). The van der Waals surface area contributed by atoms with Gasteiger partial charge in [-0.1, -0.05) is 19.3 Å². The zero-order valence-corrected chi connectivity index (χ0v) is 13.3. The molecule has 23 heavy (non-hydrogen) atoms. The van der Waals surface area contributed by atoms with Crippen molar-refractivity contribution in [3.8, 4) is 11.3 Å². The molecular formula is C17H22N6. The molecule has 0 radical (unpaired) electrons. The lowest BCUT2D eigenvalue weighted by Crippen LogP contribution is -2.38. The van der Waals surface area contributed by atoms with Crippen LogP contribution in [0.4, 0.5) is 11.9 Å². The number of hydrogen-bond donors (Lipinski definition) is 1. The van der Waals surface area contributed by atoms with Gasteiger partial charge in [0.2, 0.25) is 11.9 Å². The van der Waals surface area contributed by atoms with Crippen molar-refractivity contribution < 1.29 is 0 Å². The molecule has 0 amide bonds. The van der Waals surface area contributed by atoms with Crippen molar-refractivity contribution in [2.24, 2.45) is 0 Å². The molecule has 120 valence electrons. The van der Waals surface area contributed by atoms with Gasteiger partial charge in [-0.2, -0.15) is 0 Å². The Morgan fingerprint density at radius 3 is 2.35 bits per heavy atom. The van der Waals surface area contributed by atoms with Crippen LogP contribution in [-0.2, 0) is 0 Å². The van der Waals surface area contributed by atoms with Crippen LogP contribution in [0.25, 0.3) is 11.3 Å². The van der Waals surface area contributed by atoms with E-state index in [-0.39, 0.29) is 0 Å². The van der Waals surface area contributed by atoms with E-state index < -0.39 is 0 Å². The first-order chi connectivity index (χ1) is 11.3. The molecule has 1 saturated carbocycles. The Kier molecular flexibility index (Phi) is 3.81. The molecule has 2 N–H and O–H groups in total. The van der Waals surface area contributed by atoms with Crippen LogP contribution in [0.2, 0.25) is 0 Å². The first-order valence-corrected chi connectivity index (χ1v) is 8.51. The van der Waals surface area contributed by atoms with E-state index in [9.17, 15) is 0 Å². The van der Waals surface area contributed by atoms with E-state index in [0.29, 0.717) is 11.9 Å². The van der Waals surface area contributed by atoms with E-state index in [4.69, 9.17) is 15.7 Å². The minimum atomic E-state index is 0.290. The molecule has 1 saturated heterocycles. The van der Waals surface area contributed by atoms with E-state index >= 15 is 0 Å². The Balaban J connectivity index is 1.73. The largest absolute Gasteiger partial charge is 0.368 e. The summed E-state index contributed by atoms with van der Waals surface area (Å²) in [5.74, 6) is 1.70. The Hall–Kier alpha value is -2.24. The molecule has 2 fully saturated rings. The van der Waals surface area contributed by atoms with Gasteiger partial charge in [-0.15, -0.1) is 0 Å². The van der Waals surface area contributed by atoms with Crippen molar-refractivity contribution in [1.29, 1.82) is 0 Å². The van der Waals surface area contributed by atoms with Crippen LogP contribution >= 0.6 is 0 Å². The van der Waals surface area contributed by atoms with Gasteiger partial charge in [0, 0.05) is 42.7 Å². The molecule has 3 heterocycles. The summed E-state index contributed by atoms with van der Waals surface area (Å²) in [6.45, 7) is 2.09. The van der Waals surface area contributed by atoms with Gasteiger partial charge in [-0.05, 0) is 25.3 Å². The Labute approximate surface area is 136 Å². The molecule has 2 aromatic heterocycles. The van der Waals surface area contributed by atoms with E-state index in [2.05, 4.69) is 20.9 Å². The van der Waals surface area contributed by atoms with Crippen LogP contribution in [-0.4, -0.2) is 33.0 Å². The lowest BCUT2D eigenvalue weighted by atomic mass is 9.86. The fourth-order valence-corrected chi connectivity index (χ4v) is 3.34. The van der Waals surface area contributed by atoms with Crippen LogP contribution in [0.15, 0.2) is 18.5 Å². The SMILES string of the molecule is Nc1ncc(-c2cc(C3CCCCC3)nc(N3CCC3)n2)cn1. The molecule has 1 aliphatic heterocycles. The van der Waals surface area contributed by atoms with E-state index in [1.54, 1.807) is 12.4 Å². The molecule has 2 aliphatic rings. The van der Waals surface area contributed by atoms with Crippen LogP contribution in [0.1, 0.15) is 50.1 Å². The van der Waals surface area contributed by atoms with Crippen molar-refractivity contribution >= 4 is 11.9 Å². The van der Waals surface area contributed by atoms with Gasteiger partial charge in [0.05, 0.1) is 5.69 Å². The number of hydrogen-bond acceptors (Lipinski definition) is 6. The minimum Gasteiger partial charge on any atom is -0.368 e. The quantitative estimate of drug-likeness (QED) is 0.939. The second-order valence-electron chi connectivity index (χ2n) is 6.48. The van der Waals surface area contributed by atoms with Crippen LogP contribution in [0, 0.1) is 0 Å². The molecule has 0 unspecified atom stereocenters. The molecule has 6 heteroatoms. The van der Waals surface area contributed by atoms with E-state index in [0.717, 1.165) is 30.3 Å². The predicted octanol–water partition coefficient (Wildman–Crippen LogP) is 2.77. The third-order valence-electron chi connectivity index (χ3n) is 4.86. The average molecular weight is 310 g/mol. The maximum Gasteiger partial charge on any atom is 0.226 e. The molecule has 1 aliphatic carbocycles. The normalized spacial score (nSPS) is 18.7. The van der Waals surface area contributed by atoms with E-state index in [1.165, 1.54) is 44.2 Å². The molecule has 0 aromatic carbocycles. The minimum absolute atomic E-state index is 0.290. The molecule has 0 atom stereocenters. The second kappa shape index (κ2) is 6.10. The van der Waals surface area contributed by atoms with Gasteiger partial charge in [-0.3, -0.25) is 0 Å². The zero-order chi connectivity index (χ0) is 15.6. The topological polar surface area (TPSA) is 80.8 Å². The third kappa shape index (κ3) is 2.98. The highest BCUT2D eigenvalue weighted by atomic mass is 15.3. The Bertz CT molecular complexity index is 674. The van der Waals surface area contributed by atoms with Crippen molar-refractivity contribution in [3.63, 3.8) is 0 Å². The Morgan fingerprint density at radius 1 is 0.957 bits per heavy atom. The fraction of sp³-hybridized carbons (Fsp3) is 0.529. The summed E-state index contributed by atoms with van der Waals surface area (Å²) < 4.78 is 0. The molecule has 0 spiro atoms. The summed E-state index contributed by atoms with van der Waals surface area (Å²) in [5, 5.41) is 0. The van der Waals surface area contributed by atoms with Gasteiger partial charge in [0.25, 0.3) is 0 Å². The average Bonchev–Trinajstić information content (AvgIpc) is 2.54. The first-order valence-electron chi connectivity index (χ1n) is 8.51. The highest BCUT2D eigenvalue weighted by molar-refractivity contribution is 5.60. The van der Waals surface area contributed by atoms with Gasteiger partial charge in [0.1, 0.15) is 0 Å². The monoisotopic (exact) mass is 310 g/mol. The summed E-state index contributed by atoms with van der Waals surface area (Å²) in [4.78, 5) is 20.1. The van der Waals surface area contributed by atoms with Crippen molar-refractivity contribution in [2.75, 3.05) is 23.7 Å². The highest BCUT2D eigenvalue weighted by Crippen LogP contribution is 2.34. The summed E-state index contributed by atoms with van der Waals surface area (Å²) in [6.07, 6.45) is 11.1. The number of nitrogens with zero attached hydrogens (tertiary/aromatic N) is 5. The highest BCUT2D eigenvalue weighted by Gasteiger charge is 2.23. The van der Waals surface area contributed by atoms with Crippen molar-refractivity contribution in [1.82, 2.24) is 19.9 Å². The number of rotatable bonds is 3. The Morgan fingerprint density at radius 2 is 1.70 bits per heavy atom. The number of nitrogen functional groups attached to an aromatic ring is 1. The molecule has 2 aromatic rings. The summed E-state index contributed by atoms with van der Waals surface area (Å²) in [7, 11) is 0. The maximum absolute atomic E-state index is 5.60. The van der Waals surface area contributed by atoms with Gasteiger partial charge in [-0.25, -0.2) is 19.9 Å². The molecular weight excluding hydrogens is 288 g/mol. The van der Waals surface area contributed by atoms with Gasteiger partial charge in [0.15, 0.2) is 0 Å². The van der Waals surface area contributed by atoms with Crippen LogP contribution in [0.5, 0.6) is 0 Å². The maximum atomic E-state index is 5.60. The predicted molar refractivity (Wildman–Crippen MR) is 90.1 cm³/mol. The van der Waals surface area contributed by atoms with Crippen molar-refractivity contribution in [3.05, 3.63) is 24.2 Å².